The average molecular weight is 530 g/mol. The van der Waals surface area contributed by atoms with Gasteiger partial charge in [0.1, 0.15) is 17.7 Å². The summed E-state index contributed by atoms with van der Waals surface area (Å²) in [6.45, 7) is 7.78. The maximum atomic E-state index is 13.6. The number of ether oxygens (including phenoxy) is 1. The summed E-state index contributed by atoms with van der Waals surface area (Å²) >= 11 is 0. The van der Waals surface area contributed by atoms with Crippen molar-refractivity contribution in [2.75, 3.05) is 37.4 Å². The number of aliphatic hydroxyl groups excluding tert-OH is 1. The number of aliphatic hydroxyl groups is 1. The normalized spacial score (nSPS) is 18.0. The minimum atomic E-state index is -0.569. The lowest BCUT2D eigenvalue weighted by Crippen LogP contribution is -2.51. The van der Waals surface area contributed by atoms with Crippen molar-refractivity contribution in [1.29, 1.82) is 0 Å². The summed E-state index contributed by atoms with van der Waals surface area (Å²) in [5.74, 6) is -0.615. The number of likely N-dealkylation sites (N-methyl/N-ethyl adjacent to an activating group) is 1. The predicted molar refractivity (Wildman–Crippen MR) is 143 cm³/mol. The number of hydrogen-bond donors (Lipinski definition) is 4. The molecule has 0 aliphatic carbocycles. The van der Waals surface area contributed by atoms with Gasteiger partial charge in [0.15, 0.2) is 0 Å². The molecule has 3 rings (SSSR count). The maximum absolute atomic E-state index is 13.6. The van der Waals surface area contributed by atoms with Gasteiger partial charge in [-0.2, -0.15) is 0 Å². The fourth-order valence-electron chi connectivity index (χ4n) is 4.05. The van der Waals surface area contributed by atoms with Crippen LogP contribution in [0.25, 0.3) is 0 Å². The van der Waals surface area contributed by atoms with Crippen molar-refractivity contribution in [2.24, 2.45) is 5.92 Å². The summed E-state index contributed by atoms with van der Waals surface area (Å²) < 4.78 is 19.4. The highest BCUT2D eigenvalue weighted by Crippen LogP contribution is 2.30. The molecule has 2 aromatic rings. The van der Waals surface area contributed by atoms with Crippen LogP contribution in [-0.2, 0) is 0 Å². The van der Waals surface area contributed by atoms with E-state index in [0.717, 1.165) is 0 Å². The van der Waals surface area contributed by atoms with Crippen LogP contribution in [0.4, 0.5) is 25.4 Å². The van der Waals surface area contributed by atoms with Crippen molar-refractivity contribution in [3.63, 3.8) is 0 Å². The molecule has 0 fully saturated rings. The standard InChI is InChI=1S/C27H36FN5O5/c1-16(2)29-27(37)32(5)14-24-17(3)13-33(18(4)15-34)25(35)22-12-21(10-11-23(22)38-24)31-26(36)30-20-8-6-19(28)7-9-20/h6-12,16-18,24,34H,13-15H2,1-5H3,(H,29,37)(H2,30,31,36)/t17-,18+,24-/m0/s1. The van der Waals surface area contributed by atoms with Crippen LogP contribution in [0.15, 0.2) is 42.5 Å². The smallest absolute Gasteiger partial charge is 0.323 e. The molecule has 0 bridgehead atoms. The predicted octanol–water partition coefficient (Wildman–Crippen LogP) is 3.74. The fourth-order valence-corrected chi connectivity index (χ4v) is 4.05. The molecule has 1 aliphatic rings. The minimum absolute atomic E-state index is 0.0222. The van der Waals surface area contributed by atoms with Crippen molar-refractivity contribution in [2.45, 2.75) is 45.9 Å². The van der Waals surface area contributed by atoms with Crippen LogP contribution >= 0.6 is 0 Å². The number of carbonyl (C=O) groups is 3. The molecule has 38 heavy (non-hydrogen) atoms. The largest absolute Gasteiger partial charge is 0.487 e. The Morgan fingerprint density at radius 3 is 2.39 bits per heavy atom. The maximum Gasteiger partial charge on any atom is 0.323 e. The Morgan fingerprint density at radius 1 is 1.13 bits per heavy atom. The van der Waals surface area contributed by atoms with Gasteiger partial charge in [-0.05, 0) is 63.2 Å². The highest BCUT2D eigenvalue weighted by molar-refractivity contribution is 6.02. The molecule has 0 saturated heterocycles. The van der Waals surface area contributed by atoms with Crippen LogP contribution in [0.5, 0.6) is 5.75 Å². The number of halogens is 1. The van der Waals surface area contributed by atoms with E-state index in [4.69, 9.17) is 4.74 Å². The summed E-state index contributed by atoms with van der Waals surface area (Å²) in [4.78, 5) is 41.7. The molecular formula is C27H36FN5O5. The van der Waals surface area contributed by atoms with Gasteiger partial charge < -0.3 is 35.6 Å². The second-order valence-corrected chi connectivity index (χ2v) is 9.90. The number of hydrogen-bond acceptors (Lipinski definition) is 5. The third-order valence-corrected chi connectivity index (χ3v) is 6.24. The SMILES string of the molecule is CC(C)NC(=O)N(C)C[C@@H]1Oc2ccc(NC(=O)Nc3ccc(F)cc3)cc2C(=O)N([C@H](C)CO)C[C@@H]1C. The van der Waals surface area contributed by atoms with Crippen molar-refractivity contribution in [3.05, 3.63) is 53.8 Å². The van der Waals surface area contributed by atoms with E-state index in [0.29, 0.717) is 23.7 Å². The molecule has 0 saturated carbocycles. The van der Waals surface area contributed by atoms with Crippen molar-refractivity contribution in [3.8, 4) is 5.75 Å². The van der Waals surface area contributed by atoms with E-state index in [1.807, 2.05) is 20.8 Å². The monoisotopic (exact) mass is 529 g/mol. The van der Waals surface area contributed by atoms with E-state index in [2.05, 4.69) is 16.0 Å². The van der Waals surface area contributed by atoms with Crippen molar-refractivity contribution >= 4 is 29.3 Å². The molecule has 11 heteroatoms. The van der Waals surface area contributed by atoms with Crippen molar-refractivity contribution in [1.82, 2.24) is 15.1 Å². The molecular weight excluding hydrogens is 493 g/mol. The number of urea groups is 2. The Morgan fingerprint density at radius 2 is 1.76 bits per heavy atom. The molecule has 3 atom stereocenters. The van der Waals surface area contributed by atoms with E-state index in [-0.39, 0.29) is 42.6 Å². The number of carbonyl (C=O) groups excluding carboxylic acids is 3. The third-order valence-electron chi connectivity index (χ3n) is 6.24. The van der Waals surface area contributed by atoms with Gasteiger partial charge in [-0.15, -0.1) is 0 Å². The molecule has 1 aliphatic heterocycles. The molecule has 0 aromatic heterocycles. The average Bonchev–Trinajstić information content (AvgIpc) is 2.86. The Kier molecular flexibility index (Phi) is 9.51. The molecule has 10 nitrogen and oxygen atoms in total. The van der Waals surface area contributed by atoms with Crippen LogP contribution < -0.4 is 20.7 Å². The first-order valence-electron chi connectivity index (χ1n) is 12.6. The first kappa shape index (κ1) is 28.7. The van der Waals surface area contributed by atoms with Gasteiger partial charge >= 0.3 is 12.1 Å². The summed E-state index contributed by atoms with van der Waals surface area (Å²) in [5.41, 5.74) is 0.964. The number of rotatable bonds is 7. The quantitative estimate of drug-likeness (QED) is 0.435. The van der Waals surface area contributed by atoms with Gasteiger partial charge in [0.05, 0.1) is 24.8 Å². The van der Waals surface area contributed by atoms with E-state index in [9.17, 15) is 23.9 Å². The second kappa shape index (κ2) is 12.6. The zero-order valence-electron chi connectivity index (χ0n) is 22.3. The number of nitrogens with zero attached hydrogens (tertiary/aromatic N) is 2. The van der Waals surface area contributed by atoms with E-state index < -0.39 is 24.0 Å². The second-order valence-electron chi connectivity index (χ2n) is 9.90. The molecule has 5 amide bonds. The van der Waals surface area contributed by atoms with Gasteiger partial charge in [0.2, 0.25) is 0 Å². The van der Waals surface area contributed by atoms with E-state index >= 15 is 0 Å². The lowest BCUT2D eigenvalue weighted by molar-refractivity contribution is 0.0366. The van der Waals surface area contributed by atoms with Gasteiger partial charge in [-0.25, -0.2) is 14.0 Å². The molecule has 1 heterocycles. The Balaban J connectivity index is 1.86. The minimum Gasteiger partial charge on any atom is -0.487 e. The van der Waals surface area contributed by atoms with Crippen molar-refractivity contribution < 1.29 is 28.6 Å². The number of benzene rings is 2. The summed E-state index contributed by atoms with van der Waals surface area (Å²) in [7, 11) is 1.68. The van der Waals surface area contributed by atoms with Crippen LogP contribution in [-0.4, -0.2) is 77.8 Å². The fraction of sp³-hybridized carbons (Fsp3) is 0.444. The van der Waals surface area contributed by atoms with Gasteiger partial charge in [0.25, 0.3) is 5.91 Å². The van der Waals surface area contributed by atoms with Crippen LogP contribution in [0.3, 0.4) is 0 Å². The Bertz CT molecular complexity index is 1140. The Labute approximate surface area is 222 Å². The topological polar surface area (TPSA) is 123 Å². The van der Waals surface area contributed by atoms with E-state index in [1.165, 1.54) is 30.3 Å². The zero-order chi connectivity index (χ0) is 28.0. The highest BCUT2D eigenvalue weighted by Gasteiger charge is 2.34. The summed E-state index contributed by atoms with van der Waals surface area (Å²) in [5, 5.41) is 18.0. The summed E-state index contributed by atoms with van der Waals surface area (Å²) in [6.07, 6.45) is -0.446. The Hall–Kier alpha value is -3.86. The van der Waals surface area contributed by atoms with Gasteiger partial charge in [0, 0.05) is 36.9 Å². The van der Waals surface area contributed by atoms with Crippen LogP contribution in [0.2, 0.25) is 0 Å². The molecule has 2 aromatic carbocycles. The van der Waals surface area contributed by atoms with Gasteiger partial charge in [-0.3, -0.25) is 4.79 Å². The van der Waals surface area contributed by atoms with Crippen LogP contribution in [0.1, 0.15) is 38.1 Å². The highest BCUT2D eigenvalue weighted by atomic mass is 19.1. The third kappa shape index (κ3) is 7.34. The molecule has 0 radical (unpaired) electrons. The number of amides is 5. The number of nitrogens with one attached hydrogen (secondary N) is 3. The van der Waals surface area contributed by atoms with Crippen LogP contribution in [0, 0.1) is 11.7 Å². The first-order valence-corrected chi connectivity index (χ1v) is 12.6. The lowest BCUT2D eigenvalue weighted by Gasteiger charge is -2.38. The molecule has 0 unspecified atom stereocenters. The van der Waals surface area contributed by atoms with E-state index in [1.54, 1.807) is 35.9 Å². The number of anilines is 2. The lowest BCUT2D eigenvalue weighted by atomic mass is 9.99. The summed E-state index contributed by atoms with van der Waals surface area (Å²) in [6, 6.07) is 8.76. The number of fused-ring (bicyclic) bond motifs is 1. The first-order chi connectivity index (χ1) is 18.0. The molecule has 4 N–H and O–H groups in total. The zero-order valence-corrected chi connectivity index (χ0v) is 22.3. The molecule has 206 valence electrons. The van der Waals surface area contributed by atoms with Gasteiger partial charge in [-0.1, -0.05) is 6.92 Å². The molecule has 0 spiro atoms.